The third-order valence-electron chi connectivity index (χ3n) is 3.15. The van der Waals surface area contributed by atoms with Gasteiger partial charge in [0.25, 0.3) is 0 Å². The number of hydrogen-bond donors (Lipinski definition) is 7. The van der Waals surface area contributed by atoms with Gasteiger partial charge >= 0.3 is 5.97 Å². The number of aldehydes is 1. The fourth-order valence-electron chi connectivity index (χ4n) is 1.84. The Bertz CT molecular complexity index is 455. The first kappa shape index (κ1) is 19.4. The number of carbonyl (C=O) groups excluding carboxylic acids is 1. The number of aliphatic carboxylic acids is 1. The second-order valence-electron chi connectivity index (χ2n) is 4.86. The molecule has 0 amide bonds. The van der Waals surface area contributed by atoms with E-state index in [4.69, 9.17) is 25.4 Å². The van der Waals surface area contributed by atoms with Gasteiger partial charge in [-0.15, -0.1) is 0 Å². The van der Waals surface area contributed by atoms with E-state index in [9.17, 15) is 30.0 Å². The van der Waals surface area contributed by atoms with Crippen LogP contribution >= 0.6 is 0 Å². The van der Waals surface area contributed by atoms with Crippen LogP contribution in [0, 0.1) is 0 Å². The van der Waals surface area contributed by atoms with Crippen LogP contribution in [0.15, 0.2) is 11.8 Å². The van der Waals surface area contributed by atoms with Gasteiger partial charge in [0.05, 0.1) is 12.6 Å². The van der Waals surface area contributed by atoms with Crippen molar-refractivity contribution in [1.82, 2.24) is 0 Å². The van der Waals surface area contributed by atoms with E-state index in [1.807, 2.05) is 0 Å². The smallest absolute Gasteiger partial charge is 0.371 e. The normalized spacial score (nSPS) is 29.7. The van der Waals surface area contributed by atoms with Crippen molar-refractivity contribution in [2.45, 2.75) is 42.9 Å². The second kappa shape index (κ2) is 8.31. The topological polar surface area (TPSA) is 200 Å². The molecule has 23 heavy (non-hydrogen) atoms. The van der Waals surface area contributed by atoms with Gasteiger partial charge in [-0.1, -0.05) is 0 Å². The molecule has 1 aliphatic rings. The standard InChI is InChI=1S/C12H19NO10/c13-4(2-14)8(18)10(6(17)3-15)23-12-9(19)5(16)1-7(22-12)11(20)21/h1-2,4-6,8-10,12,15-19H,3,13H2,(H,20,21)/t4-,5+,6-,8+,9-,10-,12+/m1/s1. The Labute approximate surface area is 130 Å². The fourth-order valence-corrected chi connectivity index (χ4v) is 1.84. The van der Waals surface area contributed by atoms with Gasteiger partial charge in [0.15, 0.2) is 0 Å². The summed E-state index contributed by atoms with van der Waals surface area (Å²) in [5, 5.41) is 56.6. The molecule has 0 aromatic rings. The number of aliphatic hydroxyl groups excluding tert-OH is 5. The SMILES string of the molecule is N[C@H](C=O)[C@H](O)[C@H](O[C@@H]1OC(C(=O)O)=C[C@H](O)[C@H]1O)[C@H](O)CO. The fraction of sp³-hybridized carbons (Fsp3) is 0.667. The molecule has 0 spiro atoms. The molecule has 0 bridgehead atoms. The molecular weight excluding hydrogens is 318 g/mol. The van der Waals surface area contributed by atoms with Crippen molar-refractivity contribution in [1.29, 1.82) is 0 Å². The number of carboxylic acids is 1. The minimum Gasteiger partial charge on any atom is -0.475 e. The monoisotopic (exact) mass is 337 g/mol. The molecular formula is C12H19NO10. The van der Waals surface area contributed by atoms with Crippen LogP contribution in [0.3, 0.4) is 0 Å². The largest absolute Gasteiger partial charge is 0.475 e. The molecule has 0 saturated carbocycles. The lowest BCUT2D eigenvalue weighted by molar-refractivity contribution is -0.255. The van der Waals surface area contributed by atoms with Crippen molar-refractivity contribution in [2.24, 2.45) is 5.73 Å². The van der Waals surface area contributed by atoms with Gasteiger partial charge in [-0.3, -0.25) is 0 Å². The molecule has 8 N–H and O–H groups in total. The summed E-state index contributed by atoms with van der Waals surface area (Å²) >= 11 is 0. The van der Waals surface area contributed by atoms with Gasteiger partial charge in [0, 0.05) is 0 Å². The molecule has 0 fully saturated rings. The van der Waals surface area contributed by atoms with Crippen molar-refractivity contribution in [3.8, 4) is 0 Å². The number of aliphatic hydroxyl groups is 5. The first-order valence-corrected chi connectivity index (χ1v) is 6.54. The van der Waals surface area contributed by atoms with Crippen LogP contribution in [-0.4, -0.2) is 92.4 Å². The maximum absolute atomic E-state index is 10.9. The van der Waals surface area contributed by atoms with E-state index in [1.165, 1.54) is 0 Å². The van der Waals surface area contributed by atoms with E-state index in [-0.39, 0.29) is 6.29 Å². The van der Waals surface area contributed by atoms with Crippen LogP contribution in [0.5, 0.6) is 0 Å². The van der Waals surface area contributed by atoms with Crippen molar-refractivity contribution >= 4 is 12.3 Å². The number of carboxylic acid groups (broad SMARTS) is 1. The highest BCUT2D eigenvalue weighted by Crippen LogP contribution is 2.23. The lowest BCUT2D eigenvalue weighted by Crippen LogP contribution is -2.55. The number of rotatable bonds is 8. The summed E-state index contributed by atoms with van der Waals surface area (Å²) in [6.07, 6.45) is -9.49. The molecule has 1 rings (SSSR count). The molecule has 0 radical (unpaired) electrons. The number of carbonyl (C=O) groups is 2. The molecule has 0 aromatic carbocycles. The van der Waals surface area contributed by atoms with E-state index in [0.717, 1.165) is 6.08 Å². The summed E-state index contributed by atoms with van der Waals surface area (Å²) in [5.41, 5.74) is 5.30. The van der Waals surface area contributed by atoms with Crippen LogP contribution in [0.25, 0.3) is 0 Å². The molecule has 0 aromatic heterocycles. The van der Waals surface area contributed by atoms with Crippen molar-refractivity contribution in [3.05, 3.63) is 11.8 Å². The van der Waals surface area contributed by atoms with E-state index in [1.54, 1.807) is 0 Å². The zero-order chi connectivity index (χ0) is 17.7. The van der Waals surface area contributed by atoms with Crippen molar-refractivity contribution in [2.75, 3.05) is 6.61 Å². The lowest BCUT2D eigenvalue weighted by Gasteiger charge is -2.36. The van der Waals surface area contributed by atoms with Crippen LogP contribution in [0.1, 0.15) is 0 Å². The average Bonchev–Trinajstić information content (AvgIpc) is 2.53. The Morgan fingerprint density at radius 2 is 2.04 bits per heavy atom. The Hall–Kier alpha value is -1.60. The van der Waals surface area contributed by atoms with Gasteiger partial charge in [-0.05, 0) is 6.08 Å². The van der Waals surface area contributed by atoms with E-state index < -0.39 is 61.2 Å². The molecule has 0 aliphatic carbocycles. The molecule has 0 saturated heterocycles. The summed E-state index contributed by atoms with van der Waals surface area (Å²) in [5.74, 6) is -2.27. The van der Waals surface area contributed by atoms with E-state index in [2.05, 4.69) is 0 Å². The van der Waals surface area contributed by atoms with E-state index >= 15 is 0 Å². The Balaban J connectivity index is 2.96. The highest BCUT2D eigenvalue weighted by atomic mass is 16.7. The quantitative estimate of drug-likeness (QED) is 0.211. The lowest BCUT2D eigenvalue weighted by atomic mass is 10.0. The molecule has 0 unspecified atom stereocenters. The van der Waals surface area contributed by atoms with Gasteiger partial charge in [0.2, 0.25) is 12.0 Å². The van der Waals surface area contributed by atoms with Gasteiger partial charge in [0.1, 0.15) is 36.8 Å². The molecule has 7 atom stereocenters. The molecule has 11 heteroatoms. The molecule has 11 nitrogen and oxygen atoms in total. The maximum Gasteiger partial charge on any atom is 0.371 e. The van der Waals surface area contributed by atoms with Gasteiger partial charge < -0.3 is 50.6 Å². The summed E-state index contributed by atoms with van der Waals surface area (Å²) in [6.45, 7) is -0.889. The van der Waals surface area contributed by atoms with E-state index in [0.29, 0.717) is 0 Å². The van der Waals surface area contributed by atoms with Gasteiger partial charge in [-0.25, -0.2) is 4.79 Å². The summed E-state index contributed by atoms with van der Waals surface area (Å²) in [6, 6.07) is -1.48. The van der Waals surface area contributed by atoms with Crippen LogP contribution in [-0.2, 0) is 19.1 Å². The third-order valence-corrected chi connectivity index (χ3v) is 3.15. The van der Waals surface area contributed by atoms with Crippen LogP contribution in [0.4, 0.5) is 0 Å². The summed E-state index contributed by atoms with van der Waals surface area (Å²) in [7, 11) is 0. The number of hydrogen-bond acceptors (Lipinski definition) is 10. The highest BCUT2D eigenvalue weighted by molar-refractivity contribution is 5.84. The molecule has 1 heterocycles. The predicted molar refractivity (Wildman–Crippen MR) is 70.6 cm³/mol. The molecule has 132 valence electrons. The van der Waals surface area contributed by atoms with Crippen LogP contribution in [0.2, 0.25) is 0 Å². The predicted octanol–water partition coefficient (Wildman–Crippen LogP) is -4.34. The van der Waals surface area contributed by atoms with Crippen molar-refractivity contribution in [3.63, 3.8) is 0 Å². The van der Waals surface area contributed by atoms with Gasteiger partial charge in [-0.2, -0.15) is 0 Å². The first-order chi connectivity index (χ1) is 10.7. The second-order valence-corrected chi connectivity index (χ2v) is 4.86. The number of nitrogens with two attached hydrogens (primary N) is 1. The summed E-state index contributed by atoms with van der Waals surface area (Å²) < 4.78 is 9.87. The zero-order valence-corrected chi connectivity index (χ0v) is 11.8. The summed E-state index contributed by atoms with van der Waals surface area (Å²) in [4.78, 5) is 21.5. The average molecular weight is 337 g/mol. The van der Waals surface area contributed by atoms with Crippen molar-refractivity contribution < 1.29 is 49.7 Å². The first-order valence-electron chi connectivity index (χ1n) is 6.54. The number of ether oxygens (including phenoxy) is 2. The Morgan fingerprint density at radius 3 is 2.52 bits per heavy atom. The molecule has 1 aliphatic heterocycles. The van der Waals surface area contributed by atoms with Crippen LogP contribution < -0.4 is 5.73 Å². The zero-order valence-electron chi connectivity index (χ0n) is 11.8. The Morgan fingerprint density at radius 1 is 1.43 bits per heavy atom. The minimum atomic E-state index is -1.79. The Kier molecular flexibility index (Phi) is 7.02. The maximum atomic E-state index is 10.9. The highest BCUT2D eigenvalue weighted by Gasteiger charge is 2.41. The third kappa shape index (κ3) is 4.68. The minimum absolute atomic E-state index is 0.167.